The molecule has 0 bridgehead atoms. The molecule has 2 aliphatic rings. The molecule has 3 aromatic rings. The van der Waals surface area contributed by atoms with Gasteiger partial charge in [-0.3, -0.25) is 9.69 Å². The SMILES string of the molecule is COC(=O)N1c2ccc3c(nc(Cc4ccc(Cl)cc4)n3[C@@H]3CCC[C@@H](C(=O)O)C3)c2CC[C@@H]1C. The van der Waals surface area contributed by atoms with Crippen molar-refractivity contribution in [2.24, 2.45) is 5.92 Å². The quantitative estimate of drug-likeness (QED) is 0.479. The molecule has 1 amide bonds. The van der Waals surface area contributed by atoms with Gasteiger partial charge in [-0.05, 0) is 68.9 Å². The summed E-state index contributed by atoms with van der Waals surface area (Å²) in [4.78, 5) is 31.2. The standard InChI is InChI=1S/C27H30ClN3O4/c1-16-6-11-21-22(30(16)27(34)35-2)12-13-23-25(21)29-24(14-17-7-9-19(28)10-8-17)31(23)20-5-3-4-18(15-20)26(32)33/h7-10,12-13,16,18,20H,3-6,11,14-15H2,1-2H3,(H,32,33)/t16-,18+,20+/m0/s1. The molecule has 1 saturated carbocycles. The maximum Gasteiger partial charge on any atom is 0.414 e. The molecule has 0 saturated heterocycles. The summed E-state index contributed by atoms with van der Waals surface area (Å²) >= 11 is 6.10. The second-order valence-corrected chi connectivity index (χ2v) is 10.2. The second kappa shape index (κ2) is 9.53. The predicted octanol–water partition coefficient (Wildman–Crippen LogP) is 6.00. The van der Waals surface area contributed by atoms with Crippen LogP contribution >= 0.6 is 11.6 Å². The number of carboxylic acid groups (broad SMARTS) is 1. The average Bonchev–Trinajstić information content (AvgIpc) is 3.23. The van der Waals surface area contributed by atoms with E-state index in [0.717, 1.165) is 59.4 Å². The number of fused-ring (bicyclic) bond motifs is 3. The highest BCUT2D eigenvalue weighted by Gasteiger charge is 2.34. The van der Waals surface area contributed by atoms with Gasteiger partial charge in [-0.15, -0.1) is 0 Å². The van der Waals surface area contributed by atoms with Crippen molar-refractivity contribution in [1.82, 2.24) is 9.55 Å². The summed E-state index contributed by atoms with van der Waals surface area (Å²) in [6.07, 6.45) is 5.00. The van der Waals surface area contributed by atoms with Gasteiger partial charge in [0.2, 0.25) is 0 Å². The first-order chi connectivity index (χ1) is 16.9. The summed E-state index contributed by atoms with van der Waals surface area (Å²) in [5.41, 5.74) is 4.88. The van der Waals surface area contributed by atoms with Crippen molar-refractivity contribution in [1.29, 1.82) is 0 Å². The summed E-state index contributed by atoms with van der Waals surface area (Å²) in [5, 5.41) is 10.4. The van der Waals surface area contributed by atoms with Crippen LogP contribution in [-0.2, 0) is 22.4 Å². The number of aromatic nitrogens is 2. The number of aryl methyl sites for hydroxylation is 1. The molecule has 1 aliphatic heterocycles. The van der Waals surface area contributed by atoms with Crippen LogP contribution in [0.1, 0.15) is 62.0 Å². The maximum atomic E-state index is 12.6. The van der Waals surface area contributed by atoms with E-state index in [4.69, 9.17) is 21.3 Å². The van der Waals surface area contributed by atoms with Gasteiger partial charge >= 0.3 is 12.1 Å². The minimum Gasteiger partial charge on any atom is -0.481 e. The maximum absolute atomic E-state index is 12.6. The zero-order chi connectivity index (χ0) is 24.7. The van der Waals surface area contributed by atoms with Gasteiger partial charge in [0.05, 0.1) is 29.7 Å². The van der Waals surface area contributed by atoms with Gasteiger partial charge in [-0.2, -0.15) is 0 Å². The highest BCUT2D eigenvalue weighted by molar-refractivity contribution is 6.30. The highest BCUT2D eigenvalue weighted by atomic mass is 35.5. The summed E-state index contributed by atoms with van der Waals surface area (Å²) in [6, 6.07) is 11.9. The molecule has 1 fully saturated rings. The number of hydrogen-bond acceptors (Lipinski definition) is 4. The smallest absolute Gasteiger partial charge is 0.414 e. The fraction of sp³-hybridized carbons (Fsp3) is 0.444. The number of carboxylic acids is 1. The Balaban J connectivity index is 1.65. The topological polar surface area (TPSA) is 84.7 Å². The highest BCUT2D eigenvalue weighted by Crippen LogP contribution is 2.41. The van der Waals surface area contributed by atoms with E-state index in [-0.39, 0.29) is 24.1 Å². The van der Waals surface area contributed by atoms with Crippen LogP contribution in [0.4, 0.5) is 10.5 Å². The molecular weight excluding hydrogens is 466 g/mol. The lowest BCUT2D eigenvalue weighted by molar-refractivity contribution is -0.143. The van der Waals surface area contributed by atoms with Gasteiger partial charge in [0.1, 0.15) is 5.82 Å². The lowest BCUT2D eigenvalue weighted by Gasteiger charge is -2.34. The number of rotatable bonds is 4. The number of imidazole rings is 1. The molecule has 1 aromatic heterocycles. The van der Waals surface area contributed by atoms with Crippen LogP contribution in [0.2, 0.25) is 5.02 Å². The first-order valence-corrected chi connectivity index (χ1v) is 12.6. The van der Waals surface area contributed by atoms with Crippen molar-refractivity contribution in [2.45, 2.75) is 64.0 Å². The molecule has 35 heavy (non-hydrogen) atoms. The van der Waals surface area contributed by atoms with E-state index >= 15 is 0 Å². The largest absolute Gasteiger partial charge is 0.481 e. The normalized spacial score (nSPS) is 22.1. The van der Waals surface area contributed by atoms with E-state index in [1.807, 2.05) is 43.3 Å². The molecule has 5 rings (SSSR count). The molecule has 3 atom stereocenters. The van der Waals surface area contributed by atoms with Crippen LogP contribution < -0.4 is 4.90 Å². The Morgan fingerprint density at radius 1 is 1.14 bits per heavy atom. The van der Waals surface area contributed by atoms with Crippen molar-refractivity contribution in [3.8, 4) is 0 Å². The summed E-state index contributed by atoms with van der Waals surface area (Å²) in [5.74, 6) is -0.156. The number of benzene rings is 2. The summed E-state index contributed by atoms with van der Waals surface area (Å²) < 4.78 is 7.33. The Hall–Kier alpha value is -3.06. The van der Waals surface area contributed by atoms with Gasteiger partial charge in [-0.1, -0.05) is 30.2 Å². The Kier molecular flexibility index (Phi) is 6.45. The van der Waals surface area contributed by atoms with Crippen molar-refractivity contribution >= 4 is 40.4 Å². The number of halogens is 1. The molecule has 1 aliphatic carbocycles. The zero-order valence-electron chi connectivity index (χ0n) is 20.0. The molecular formula is C27H30ClN3O4. The number of amides is 1. The van der Waals surface area contributed by atoms with Crippen LogP contribution in [0.25, 0.3) is 11.0 Å². The average molecular weight is 496 g/mol. The monoisotopic (exact) mass is 495 g/mol. The van der Waals surface area contributed by atoms with Gasteiger partial charge in [0.15, 0.2) is 0 Å². The van der Waals surface area contributed by atoms with Gasteiger partial charge in [0.25, 0.3) is 0 Å². The van der Waals surface area contributed by atoms with E-state index in [9.17, 15) is 14.7 Å². The molecule has 2 heterocycles. The fourth-order valence-corrected chi connectivity index (χ4v) is 5.89. The molecule has 0 spiro atoms. The molecule has 184 valence electrons. The number of anilines is 1. The first kappa shape index (κ1) is 23.7. The Bertz CT molecular complexity index is 1270. The van der Waals surface area contributed by atoms with Crippen molar-refractivity contribution in [3.05, 3.63) is 58.4 Å². The van der Waals surface area contributed by atoms with Gasteiger partial charge < -0.3 is 14.4 Å². The lowest BCUT2D eigenvalue weighted by Crippen LogP contribution is -2.42. The third-order valence-electron chi connectivity index (χ3n) is 7.54. The van der Waals surface area contributed by atoms with E-state index in [1.54, 1.807) is 4.90 Å². The Morgan fingerprint density at radius 3 is 2.63 bits per heavy atom. The van der Waals surface area contributed by atoms with E-state index in [2.05, 4.69) is 4.57 Å². The van der Waals surface area contributed by atoms with Crippen LogP contribution in [0.15, 0.2) is 36.4 Å². The third-order valence-corrected chi connectivity index (χ3v) is 7.79. The lowest BCUT2D eigenvalue weighted by atomic mass is 9.85. The van der Waals surface area contributed by atoms with Crippen molar-refractivity contribution in [2.75, 3.05) is 12.0 Å². The first-order valence-electron chi connectivity index (χ1n) is 12.2. The Morgan fingerprint density at radius 2 is 1.91 bits per heavy atom. The fourth-order valence-electron chi connectivity index (χ4n) is 5.76. The number of carbonyl (C=O) groups is 2. The number of nitrogens with zero attached hydrogens (tertiary/aromatic N) is 3. The van der Waals surface area contributed by atoms with Crippen LogP contribution in [0, 0.1) is 5.92 Å². The number of methoxy groups -OCH3 is 1. The summed E-state index contributed by atoms with van der Waals surface area (Å²) in [6.45, 7) is 2.03. The number of carbonyl (C=O) groups excluding carboxylic acids is 1. The number of ether oxygens (including phenoxy) is 1. The predicted molar refractivity (Wildman–Crippen MR) is 135 cm³/mol. The molecule has 0 unspecified atom stereocenters. The number of aliphatic carboxylic acids is 1. The third kappa shape index (κ3) is 4.38. The van der Waals surface area contributed by atoms with Crippen LogP contribution in [0.3, 0.4) is 0 Å². The zero-order valence-corrected chi connectivity index (χ0v) is 20.8. The van der Waals surface area contributed by atoms with Crippen LogP contribution in [-0.4, -0.2) is 39.9 Å². The number of hydrogen-bond donors (Lipinski definition) is 1. The minimum absolute atomic E-state index is 0.0395. The van der Waals surface area contributed by atoms with Crippen molar-refractivity contribution in [3.63, 3.8) is 0 Å². The van der Waals surface area contributed by atoms with Gasteiger partial charge in [-0.25, -0.2) is 9.78 Å². The second-order valence-electron chi connectivity index (χ2n) is 9.72. The molecule has 1 N–H and O–H groups in total. The molecule has 2 aromatic carbocycles. The summed E-state index contributed by atoms with van der Waals surface area (Å²) in [7, 11) is 1.41. The minimum atomic E-state index is -0.724. The van der Waals surface area contributed by atoms with E-state index < -0.39 is 5.97 Å². The van der Waals surface area contributed by atoms with Crippen LogP contribution in [0.5, 0.6) is 0 Å². The van der Waals surface area contributed by atoms with Crippen molar-refractivity contribution < 1.29 is 19.4 Å². The molecule has 8 heteroatoms. The van der Waals surface area contributed by atoms with E-state index in [1.165, 1.54) is 7.11 Å². The molecule has 0 radical (unpaired) electrons. The Labute approximate surface area is 209 Å². The molecule has 7 nitrogen and oxygen atoms in total. The van der Waals surface area contributed by atoms with Gasteiger partial charge in [0, 0.05) is 29.1 Å². The van der Waals surface area contributed by atoms with E-state index in [0.29, 0.717) is 24.3 Å².